The zero-order chi connectivity index (χ0) is 12.1. The van der Waals surface area contributed by atoms with E-state index in [4.69, 9.17) is 11.6 Å². The maximum atomic E-state index is 13.4. The van der Waals surface area contributed by atoms with Gasteiger partial charge in [0.1, 0.15) is 5.82 Å². The van der Waals surface area contributed by atoms with E-state index >= 15 is 0 Å². The summed E-state index contributed by atoms with van der Waals surface area (Å²) in [6, 6.07) is 5.00. The predicted molar refractivity (Wildman–Crippen MR) is 68.2 cm³/mol. The summed E-state index contributed by atoms with van der Waals surface area (Å²) >= 11 is 5.82. The number of nitrogens with one attached hydrogen (secondary N) is 1. The van der Waals surface area contributed by atoms with Crippen LogP contribution in [0.2, 0.25) is 5.02 Å². The van der Waals surface area contributed by atoms with Crippen LogP contribution in [0.25, 0.3) is 6.08 Å². The van der Waals surface area contributed by atoms with Gasteiger partial charge in [-0.3, -0.25) is 0 Å². The standard InChI is InChI=1S/C13H17ClFN/c1-9(2)16-8-10(3)6-11-7-12(14)4-5-13(11)15/h4-7,9,16H,8H2,1-3H3/b10-6+. The van der Waals surface area contributed by atoms with E-state index in [1.807, 2.05) is 13.0 Å². The molecule has 0 radical (unpaired) electrons. The highest BCUT2D eigenvalue weighted by Crippen LogP contribution is 2.17. The molecule has 3 heteroatoms. The Kier molecular flexibility index (Phi) is 4.97. The lowest BCUT2D eigenvalue weighted by molar-refractivity contribution is 0.619. The molecule has 0 saturated heterocycles. The van der Waals surface area contributed by atoms with Crippen LogP contribution in [0.3, 0.4) is 0 Å². The first-order valence-electron chi connectivity index (χ1n) is 5.34. The van der Waals surface area contributed by atoms with E-state index in [1.54, 1.807) is 12.1 Å². The lowest BCUT2D eigenvalue weighted by Crippen LogP contribution is -2.24. The highest BCUT2D eigenvalue weighted by Gasteiger charge is 2.01. The quantitative estimate of drug-likeness (QED) is 0.844. The van der Waals surface area contributed by atoms with Gasteiger partial charge < -0.3 is 5.32 Å². The molecule has 16 heavy (non-hydrogen) atoms. The van der Waals surface area contributed by atoms with Crippen LogP contribution in [0, 0.1) is 5.82 Å². The highest BCUT2D eigenvalue weighted by atomic mass is 35.5. The predicted octanol–water partition coefficient (Wildman–Crippen LogP) is 3.88. The van der Waals surface area contributed by atoms with Gasteiger partial charge in [0.25, 0.3) is 0 Å². The number of hydrogen-bond donors (Lipinski definition) is 1. The molecule has 0 saturated carbocycles. The Balaban J connectivity index is 2.77. The van der Waals surface area contributed by atoms with Crippen LogP contribution in [-0.2, 0) is 0 Å². The van der Waals surface area contributed by atoms with Gasteiger partial charge in [0.05, 0.1) is 0 Å². The molecule has 0 aliphatic heterocycles. The SMILES string of the molecule is C/C(=C\c1cc(Cl)ccc1F)CNC(C)C. The third-order valence-corrected chi connectivity index (χ3v) is 2.38. The van der Waals surface area contributed by atoms with Crippen molar-refractivity contribution in [1.82, 2.24) is 5.32 Å². The first-order chi connectivity index (χ1) is 7.49. The summed E-state index contributed by atoms with van der Waals surface area (Å²) in [5.74, 6) is -0.242. The maximum Gasteiger partial charge on any atom is 0.130 e. The molecule has 1 nitrogen and oxygen atoms in total. The van der Waals surface area contributed by atoms with Crippen LogP contribution in [0.1, 0.15) is 26.3 Å². The average molecular weight is 242 g/mol. The van der Waals surface area contributed by atoms with Crippen LogP contribution in [0.5, 0.6) is 0 Å². The second kappa shape index (κ2) is 6.02. The third-order valence-electron chi connectivity index (χ3n) is 2.15. The largest absolute Gasteiger partial charge is 0.311 e. The monoisotopic (exact) mass is 241 g/mol. The normalized spacial score (nSPS) is 12.2. The Morgan fingerprint density at radius 3 is 2.81 bits per heavy atom. The minimum atomic E-state index is -0.242. The molecule has 1 rings (SSSR count). The van der Waals surface area contributed by atoms with Crippen LogP contribution < -0.4 is 5.32 Å². The van der Waals surface area contributed by atoms with Gasteiger partial charge in [-0.25, -0.2) is 4.39 Å². The molecule has 0 aliphatic carbocycles. The molecule has 0 unspecified atom stereocenters. The molecule has 1 aromatic carbocycles. The van der Waals surface area contributed by atoms with Crippen molar-refractivity contribution in [2.24, 2.45) is 0 Å². The minimum absolute atomic E-state index is 0.242. The molecular formula is C13H17ClFN. The maximum absolute atomic E-state index is 13.4. The van der Waals surface area contributed by atoms with Gasteiger partial charge in [-0.1, -0.05) is 37.1 Å². The highest BCUT2D eigenvalue weighted by molar-refractivity contribution is 6.30. The molecule has 0 amide bonds. The molecule has 0 bridgehead atoms. The molecule has 1 aromatic rings. The average Bonchev–Trinajstić information content (AvgIpc) is 2.20. The van der Waals surface area contributed by atoms with Crippen molar-refractivity contribution in [3.63, 3.8) is 0 Å². The summed E-state index contributed by atoms with van der Waals surface area (Å²) < 4.78 is 13.4. The molecule has 1 N–H and O–H groups in total. The van der Waals surface area contributed by atoms with Crippen LogP contribution in [0.4, 0.5) is 4.39 Å². The molecule has 0 spiro atoms. The van der Waals surface area contributed by atoms with Crippen molar-refractivity contribution >= 4 is 17.7 Å². The Morgan fingerprint density at radius 2 is 2.19 bits per heavy atom. The number of rotatable bonds is 4. The number of halogens is 2. The van der Waals surface area contributed by atoms with E-state index < -0.39 is 0 Å². The van der Waals surface area contributed by atoms with Gasteiger partial charge in [0.2, 0.25) is 0 Å². The van der Waals surface area contributed by atoms with Crippen LogP contribution in [0.15, 0.2) is 23.8 Å². The van der Waals surface area contributed by atoms with Crippen LogP contribution >= 0.6 is 11.6 Å². The summed E-state index contributed by atoms with van der Waals surface area (Å²) in [4.78, 5) is 0. The fourth-order valence-electron chi connectivity index (χ4n) is 1.31. The van der Waals surface area contributed by atoms with Crippen molar-refractivity contribution < 1.29 is 4.39 Å². The van der Waals surface area contributed by atoms with Crippen LogP contribution in [-0.4, -0.2) is 12.6 Å². The zero-order valence-electron chi connectivity index (χ0n) is 9.85. The fourth-order valence-corrected chi connectivity index (χ4v) is 1.49. The second-order valence-electron chi connectivity index (χ2n) is 4.19. The van der Waals surface area contributed by atoms with Crippen molar-refractivity contribution in [2.75, 3.05) is 6.54 Å². The molecular weight excluding hydrogens is 225 g/mol. The second-order valence-corrected chi connectivity index (χ2v) is 4.63. The smallest absolute Gasteiger partial charge is 0.130 e. The zero-order valence-corrected chi connectivity index (χ0v) is 10.6. The number of hydrogen-bond acceptors (Lipinski definition) is 1. The van der Waals surface area contributed by atoms with Gasteiger partial charge in [0, 0.05) is 23.2 Å². The van der Waals surface area contributed by atoms with Gasteiger partial charge in [-0.15, -0.1) is 0 Å². The molecule has 88 valence electrons. The fraction of sp³-hybridized carbons (Fsp3) is 0.385. The molecule has 0 aliphatic rings. The summed E-state index contributed by atoms with van der Waals surface area (Å²) in [5, 5.41) is 3.83. The topological polar surface area (TPSA) is 12.0 Å². The Bertz CT molecular complexity index is 386. The summed E-state index contributed by atoms with van der Waals surface area (Å²) in [7, 11) is 0. The van der Waals surface area contributed by atoms with E-state index in [9.17, 15) is 4.39 Å². The van der Waals surface area contributed by atoms with Gasteiger partial charge >= 0.3 is 0 Å². The lowest BCUT2D eigenvalue weighted by atomic mass is 10.1. The first kappa shape index (κ1) is 13.2. The molecule has 0 heterocycles. The van der Waals surface area contributed by atoms with Crippen molar-refractivity contribution in [1.29, 1.82) is 0 Å². The summed E-state index contributed by atoms with van der Waals surface area (Å²) in [5.41, 5.74) is 1.62. The first-order valence-corrected chi connectivity index (χ1v) is 5.72. The summed E-state index contributed by atoms with van der Waals surface area (Å²) in [6.45, 7) is 6.87. The summed E-state index contributed by atoms with van der Waals surface area (Å²) in [6.07, 6.45) is 1.82. The lowest BCUT2D eigenvalue weighted by Gasteiger charge is -2.08. The molecule has 0 aromatic heterocycles. The van der Waals surface area contributed by atoms with Crippen molar-refractivity contribution in [3.05, 3.63) is 40.2 Å². The minimum Gasteiger partial charge on any atom is -0.311 e. The van der Waals surface area contributed by atoms with Gasteiger partial charge in [-0.05, 0) is 25.1 Å². The Hall–Kier alpha value is -0.860. The third kappa shape index (κ3) is 4.33. The van der Waals surface area contributed by atoms with Crippen molar-refractivity contribution in [3.8, 4) is 0 Å². The Labute approximate surface area is 101 Å². The van der Waals surface area contributed by atoms with Gasteiger partial charge in [0.15, 0.2) is 0 Å². The Morgan fingerprint density at radius 1 is 1.50 bits per heavy atom. The molecule has 0 atom stereocenters. The van der Waals surface area contributed by atoms with E-state index in [0.29, 0.717) is 16.6 Å². The van der Waals surface area contributed by atoms with E-state index in [0.717, 1.165) is 12.1 Å². The number of benzene rings is 1. The van der Waals surface area contributed by atoms with E-state index in [1.165, 1.54) is 6.07 Å². The van der Waals surface area contributed by atoms with E-state index in [2.05, 4.69) is 19.2 Å². The molecule has 0 fully saturated rings. The van der Waals surface area contributed by atoms with Gasteiger partial charge in [-0.2, -0.15) is 0 Å². The van der Waals surface area contributed by atoms with Crippen molar-refractivity contribution in [2.45, 2.75) is 26.8 Å². The van der Waals surface area contributed by atoms with E-state index in [-0.39, 0.29) is 5.82 Å².